The number of carbonyl (C=O) groups excluding carboxylic acids is 1. The van der Waals surface area contributed by atoms with E-state index in [9.17, 15) is 22.4 Å². The van der Waals surface area contributed by atoms with Crippen molar-refractivity contribution in [2.75, 3.05) is 18.5 Å². The van der Waals surface area contributed by atoms with E-state index in [1.165, 1.54) is 12.1 Å². The molecule has 1 rings (SSSR count). The lowest BCUT2D eigenvalue weighted by Crippen LogP contribution is -2.20. The Morgan fingerprint density at radius 3 is 2.63 bits per heavy atom. The third kappa shape index (κ3) is 6.19. The molecule has 0 atom stereocenters. The summed E-state index contributed by atoms with van der Waals surface area (Å²) in [5, 5.41) is 2.26. The molecule has 7 heteroatoms. The van der Waals surface area contributed by atoms with E-state index in [1.54, 1.807) is 13.0 Å². The fourth-order valence-corrected chi connectivity index (χ4v) is 1.29. The Morgan fingerprint density at radius 1 is 1.37 bits per heavy atom. The lowest BCUT2D eigenvalue weighted by atomic mass is 10.2. The number of amides is 1. The van der Waals surface area contributed by atoms with Gasteiger partial charge in [0.15, 0.2) is 0 Å². The van der Waals surface area contributed by atoms with E-state index < -0.39 is 24.5 Å². The number of aryl methyl sites for hydroxylation is 1. The van der Waals surface area contributed by atoms with Gasteiger partial charge in [-0.15, -0.1) is 0 Å². The van der Waals surface area contributed by atoms with Gasteiger partial charge in [0.2, 0.25) is 5.91 Å². The molecule has 0 aliphatic heterocycles. The fraction of sp³-hybridized carbons (Fsp3) is 0.417. The van der Waals surface area contributed by atoms with Gasteiger partial charge < -0.3 is 10.1 Å². The first-order chi connectivity index (χ1) is 8.78. The Morgan fingerprint density at radius 2 is 2.05 bits per heavy atom. The molecule has 0 aromatic heterocycles. The highest BCUT2D eigenvalue weighted by Gasteiger charge is 2.27. The number of carbonyl (C=O) groups is 1. The molecule has 0 heterocycles. The summed E-state index contributed by atoms with van der Waals surface area (Å²) in [6.45, 7) is -0.0857. The highest BCUT2D eigenvalue weighted by atomic mass is 19.4. The lowest BCUT2D eigenvalue weighted by molar-refractivity contribution is -0.174. The molecule has 19 heavy (non-hydrogen) atoms. The first-order valence-electron chi connectivity index (χ1n) is 5.48. The molecule has 0 saturated heterocycles. The van der Waals surface area contributed by atoms with Crippen molar-refractivity contribution in [2.45, 2.75) is 19.5 Å². The minimum Gasteiger partial charge on any atom is -0.372 e. The van der Waals surface area contributed by atoms with E-state index >= 15 is 0 Å². The number of hydrogen-bond acceptors (Lipinski definition) is 2. The van der Waals surface area contributed by atoms with Gasteiger partial charge in [0.1, 0.15) is 12.4 Å². The Labute approximate surface area is 107 Å². The summed E-state index contributed by atoms with van der Waals surface area (Å²) in [5.41, 5.74) is 0.690. The summed E-state index contributed by atoms with van der Waals surface area (Å²) in [6, 6.07) is 4.24. The first-order valence-corrected chi connectivity index (χ1v) is 5.48. The van der Waals surface area contributed by atoms with Crippen LogP contribution in [-0.2, 0) is 9.53 Å². The van der Waals surface area contributed by atoms with E-state index in [-0.39, 0.29) is 18.7 Å². The molecule has 0 spiro atoms. The Balaban J connectivity index is 2.35. The van der Waals surface area contributed by atoms with Crippen molar-refractivity contribution in [3.63, 3.8) is 0 Å². The quantitative estimate of drug-likeness (QED) is 0.664. The second kappa shape index (κ2) is 6.51. The van der Waals surface area contributed by atoms with E-state index in [0.717, 1.165) is 0 Å². The van der Waals surface area contributed by atoms with Crippen LogP contribution in [0.3, 0.4) is 0 Å². The second-order valence-corrected chi connectivity index (χ2v) is 3.95. The van der Waals surface area contributed by atoms with Gasteiger partial charge in [0.05, 0.1) is 18.7 Å². The first kappa shape index (κ1) is 15.4. The minimum atomic E-state index is -4.42. The Hall–Kier alpha value is -1.63. The lowest BCUT2D eigenvalue weighted by Gasteiger charge is -2.09. The van der Waals surface area contributed by atoms with Gasteiger partial charge >= 0.3 is 6.18 Å². The zero-order valence-electron chi connectivity index (χ0n) is 10.2. The van der Waals surface area contributed by atoms with Crippen molar-refractivity contribution in [1.29, 1.82) is 0 Å². The summed E-state index contributed by atoms with van der Waals surface area (Å²) in [4.78, 5) is 11.3. The standard InChI is InChI=1S/C12H13F4NO2/c1-8-2-3-10(9(13)6-8)17-11(18)4-5-19-7-12(14,15)16/h2-3,6H,4-5,7H2,1H3,(H,17,18). The van der Waals surface area contributed by atoms with E-state index in [4.69, 9.17) is 0 Å². The maximum absolute atomic E-state index is 13.4. The zero-order chi connectivity index (χ0) is 14.5. The average molecular weight is 279 g/mol. The Bertz CT molecular complexity index is 446. The summed E-state index contributed by atoms with van der Waals surface area (Å²) in [6.07, 6.45) is -4.69. The van der Waals surface area contributed by atoms with E-state index in [1.807, 2.05) is 0 Å². The van der Waals surface area contributed by atoms with Crippen molar-refractivity contribution >= 4 is 11.6 Å². The fourth-order valence-electron chi connectivity index (χ4n) is 1.29. The Kier molecular flexibility index (Phi) is 5.29. The minimum absolute atomic E-state index is 0.00794. The SMILES string of the molecule is Cc1ccc(NC(=O)CCOCC(F)(F)F)c(F)c1. The number of halogens is 4. The van der Waals surface area contributed by atoms with Crippen molar-refractivity contribution in [2.24, 2.45) is 0 Å². The van der Waals surface area contributed by atoms with Gasteiger partial charge in [-0.1, -0.05) is 6.07 Å². The predicted octanol–water partition coefficient (Wildman–Crippen LogP) is 3.04. The van der Waals surface area contributed by atoms with Gasteiger partial charge in [0, 0.05) is 0 Å². The third-order valence-corrected chi connectivity index (χ3v) is 2.14. The molecule has 1 amide bonds. The van der Waals surface area contributed by atoms with Crippen molar-refractivity contribution < 1.29 is 27.1 Å². The molecule has 0 fully saturated rings. The molecule has 0 aliphatic carbocycles. The second-order valence-electron chi connectivity index (χ2n) is 3.95. The van der Waals surface area contributed by atoms with Gasteiger partial charge in [-0.25, -0.2) is 4.39 Å². The predicted molar refractivity (Wildman–Crippen MR) is 61.3 cm³/mol. The van der Waals surface area contributed by atoms with Gasteiger partial charge in [-0.2, -0.15) is 13.2 Å². The summed E-state index contributed by atoms with van der Waals surface area (Å²) in [5.74, 6) is -1.20. The van der Waals surface area contributed by atoms with Crippen molar-refractivity contribution in [3.05, 3.63) is 29.6 Å². The van der Waals surface area contributed by atoms with Gasteiger partial charge in [-0.05, 0) is 24.6 Å². The summed E-state index contributed by atoms with van der Waals surface area (Å²) in [7, 11) is 0. The molecular weight excluding hydrogens is 266 g/mol. The van der Waals surface area contributed by atoms with Crippen LogP contribution in [0, 0.1) is 12.7 Å². The molecular formula is C12H13F4NO2. The topological polar surface area (TPSA) is 38.3 Å². The monoisotopic (exact) mass is 279 g/mol. The molecule has 3 nitrogen and oxygen atoms in total. The highest BCUT2D eigenvalue weighted by Crippen LogP contribution is 2.16. The molecule has 0 bridgehead atoms. The van der Waals surface area contributed by atoms with Crippen LogP contribution in [0.1, 0.15) is 12.0 Å². The van der Waals surface area contributed by atoms with E-state index in [2.05, 4.69) is 10.1 Å². The number of alkyl halides is 3. The molecule has 0 aliphatic rings. The highest BCUT2D eigenvalue weighted by molar-refractivity contribution is 5.90. The van der Waals surface area contributed by atoms with Crippen molar-refractivity contribution in [1.82, 2.24) is 0 Å². The number of benzene rings is 1. The average Bonchev–Trinajstić information content (AvgIpc) is 2.27. The normalized spacial score (nSPS) is 11.4. The molecule has 1 N–H and O–H groups in total. The van der Waals surface area contributed by atoms with Crippen LogP contribution in [0.2, 0.25) is 0 Å². The number of rotatable bonds is 5. The van der Waals surface area contributed by atoms with Crippen LogP contribution in [0.5, 0.6) is 0 Å². The molecule has 0 unspecified atom stereocenters. The smallest absolute Gasteiger partial charge is 0.372 e. The van der Waals surface area contributed by atoms with Gasteiger partial charge in [0.25, 0.3) is 0 Å². The van der Waals surface area contributed by atoms with E-state index in [0.29, 0.717) is 5.56 Å². The van der Waals surface area contributed by atoms with Crippen LogP contribution in [0.15, 0.2) is 18.2 Å². The number of hydrogen-bond donors (Lipinski definition) is 1. The van der Waals surface area contributed by atoms with Crippen molar-refractivity contribution in [3.8, 4) is 0 Å². The molecule has 106 valence electrons. The molecule has 1 aromatic carbocycles. The molecule has 1 aromatic rings. The number of anilines is 1. The molecule has 0 radical (unpaired) electrons. The summed E-state index contributed by atoms with van der Waals surface area (Å²) >= 11 is 0. The number of nitrogens with one attached hydrogen (secondary N) is 1. The maximum Gasteiger partial charge on any atom is 0.411 e. The maximum atomic E-state index is 13.4. The van der Waals surface area contributed by atoms with Gasteiger partial charge in [-0.3, -0.25) is 4.79 Å². The number of ether oxygens (including phenoxy) is 1. The van der Waals surface area contributed by atoms with Crippen LogP contribution < -0.4 is 5.32 Å². The third-order valence-electron chi connectivity index (χ3n) is 2.14. The summed E-state index contributed by atoms with van der Waals surface area (Å²) < 4.78 is 52.9. The van der Waals surface area contributed by atoms with Crippen LogP contribution in [0.4, 0.5) is 23.2 Å². The van der Waals surface area contributed by atoms with Crippen LogP contribution in [-0.4, -0.2) is 25.3 Å². The zero-order valence-corrected chi connectivity index (χ0v) is 10.2. The molecule has 0 saturated carbocycles. The van der Waals surface area contributed by atoms with Crippen LogP contribution in [0.25, 0.3) is 0 Å². The van der Waals surface area contributed by atoms with Crippen LogP contribution >= 0.6 is 0 Å². The largest absolute Gasteiger partial charge is 0.411 e.